The number of para-hydroxylation sites is 1. The van der Waals surface area contributed by atoms with E-state index >= 15 is 0 Å². The van der Waals surface area contributed by atoms with Crippen LogP contribution >= 0.6 is 0 Å². The van der Waals surface area contributed by atoms with Gasteiger partial charge in [0, 0.05) is 12.6 Å². The summed E-state index contributed by atoms with van der Waals surface area (Å²) in [5.41, 5.74) is 0. The van der Waals surface area contributed by atoms with Gasteiger partial charge in [0.25, 0.3) is 0 Å². The zero-order valence-electron chi connectivity index (χ0n) is 11.8. The zero-order valence-corrected chi connectivity index (χ0v) is 11.8. The van der Waals surface area contributed by atoms with Crippen LogP contribution in [0, 0.1) is 5.82 Å². The molecule has 0 saturated heterocycles. The number of halogens is 1. The molecule has 0 aliphatic rings. The van der Waals surface area contributed by atoms with Crippen molar-refractivity contribution in [2.75, 3.05) is 20.3 Å². The molecule has 1 rings (SSSR count). The van der Waals surface area contributed by atoms with E-state index in [1.807, 2.05) is 0 Å². The average molecular weight is 295 g/mol. The molecular formula is C15H18FNO4. The van der Waals surface area contributed by atoms with Crippen molar-refractivity contribution in [2.45, 2.75) is 12.8 Å². The number of carbonyl (C=O) groups excluding carboxylic acids is 2. The van der Waals surface area contributed by atoms with Crippen LogP contribution in [0.2, 0.25) is 0 Å². The third-order valence-electron chi connectivity index (χ3n) is 2.51. The third kappa shape index (κ3) is 7.10. The summed E-state index contributed by atoms with van der Waals surface area (Å²) in [6.07, 6.45) is 3.57. The molecule has 0 aliphatic heterocycles. The van der Waals surface area contributed by atoms with E-state index in [2.05, 4.69) is 10.1 Å². The van der Waals surface area contributed by atoms with E-state index in [9.17, 15) is 14.0 Å². The minimum Gasteiger partial charge on any atom is -0.490 e. The highest BCUT2D eigenvalue weighted by Crippen LogP contribution is 2.15. The fourth-order valence-corrected chi connectivity index (χ4v) is 1.45. The molecule has 1 aromatic rings. The summed E-state index contributed by atoms with van der Waals surface area (Å²) in [4.78, 5) is 22.2. The number of nitrogens with one attached hydrogen (secondary N) is 1. The molecule has 1 aromatic carbocycles. The zero-order chi connectivity index (χ0) is 15.5. The molecule has 0 atom stereocenters. The fourth-order valence-electron chi connectivity index (χ4n) is 1.45. The van der Waals surface area contributed by atoms with Crippen LogP contribution in [0.3, 0.4) is 0 Å². The Morgan fingerprint density at radius 1 is 1.33 bits per heavy atom. The van der Waals surface area contributed by atoms with Crippen LogP contribution in [0.5, 0.6) is 5.75 Å². The van der Waals surface area contributed by atoms with Gasteiger partial charge < -0.3 is 14.8 Å². The van der Waals surface area contributed by atoms with Crippen molar-refractivity contribution in [3.05, 3.63) is 42.2 Å². The lowest BCUT2D eigenvalue weighted by atomic mass is 10.3. The standard InChI is InChI=1S/C15H18FNO4/c1-20-15(19)8-4-5-10-17-14(18)9-11-21-13-7-3-2-6-12(13)16/h2-4,6-8H,5,9-11H2,1H3,(H,17,18)/b8-4+. The van der Waals surface area contributed by atoms with Gasteiger partial charge in [-0.15, -0.1) is 0 Å². The van der Waals surface area contributed by atoms with E-state index < -0.39 is 11.8 Å². The van der Waals surface area contributed by atoms with E-state index in [1.54, 1.807) is 18.2 Å². The molecule has 21 heavy (non-hydrogen) atoms. The van der Waals surface area contributed by atoms with E-state index in [0.717, 1.165) is 0 Å². The molecule has 114 valence electrons. The van der Waals surface area contributed by atoms with Crippen molar-refractivity contribution in [3.63, 3.8) is 0 Å². The molecule has 0 aliphatic carbocycles. The van der Waals surface area contributed by atoms with Crippen LogP contribution in [0.15, 0.2) is 36.4 Å². The number of amides is 1. The van der Waals surface area contributed by atoms with Gasteiger partial charge in [-0.1, -0.05) is 18.2 Å². The van der Waals surface area contributed by atoms with Gasteiger partial charge in [0.15, 0.2) is 11.6 Å². The predicted molar refractivity (Wildman–Crippen MR) is 75.3 cm³/mol. The highest BCUT2D eigenvalue weighted by molar-refractivity contribution is 5.81. The summed E-state index contributed by atoms with van der Waals surface area (Å²) in [5, 5.41) is 2.66. The van der Waals surface area contributed by atoms with Gasteiger partial charge in [0.1, 0.15) is 0 Å². The molecule has 0 heterocycles. The van der Waals surface area contributed by atoms with Crippen LogP contribution < -0.4 is 10.1 Å². The van der Waals surface area contributed by atoms with Crippen molar-refractivity contribution in [1.82, 2.24) is 5.32 Å². The number of ether oxygens (including phenoxy) is 2. The minimum absolute atomic E-state index is 0.102. The Labute approximate surface area is 122 Å². The van der Waals surface area contributed by atoms with E-state index in [-0.39, 0.29) is 24.7 Å². The highest BCUT2D eigenvalue weighted by Gasteiger charge is 2.04. The Morgan fingerprint density at radius 3 is 2.81 bits per heavy atom. The van der Waals surface area contributed by atoms with Crippen LogP contribution in [-0.2, 0) is 14.3 Å². The molecule has 5 nitrogen and oxygen atoms in total. The Hall–Kier alpha value is -2.37. The smallest absolute Gasteiger partial charge is 0.330 e. The quantitative estimate of drug-likeness (QED) is 0.451. The minimum atomic E-state index is -0.453. The van der Waals surface area contributed by atoms with Crippen molar-refractivity contribution < 1.29 is 23.5 Å². The van der Waals surface area contributed by atoms with Gasteiger partial charge in [-0.2, -0.15) is 0 Å². The molecule has 0 spiro atoms. The van der Waals surface area contributed by atoms with E-state index in [1.165, 1.54) is 25.3 Å². The lowest BCUT2D eigenvalue weighted by molar-refractivity contribution is -0.134. The van der Waals surface area contributed by atoms with E-state index in [4.69, 9.17) is 4.74 Å². The molecule has 1 amide bonds. The number of hydrogen-bond donors (Lipinski definition) is 1. The van der Waals surface area contributed by atoms with E-state index in [0.29, 0.717) is 13.0 Å². The molecule has 0 fully saturated rings. The second-order valence-corrected chi connectivity index (χ2v) is 4.09. The SMILES string of the molecule is COC(=O)/C=C/CCNC(=O)CCOc1ccccc1F. The van der Waals surface area contributed by atoms with Crippen LogP contribution in [-0.4, -0.2) is 32.1 Å². The maximum absolute atomic E-state index is 13.2. The molecule has 0 saturated carbocycles. The first-order valence-electron chi connectivity index (χ1n) is 6.52. The van der Waals surface area contributed by atoms with Gasteiger partial charge in [0.05, 0.1) is 20.1 Å². The number of rotatable bonds is 8. The molecule has 0 bridgehead atoms. The fraction of sp³-hybridized carbons (Fsp3) is 0.333. The van der Waals surface area contributed by atoms with Crippen molar-refractivity contribution in [3.8, 4) is 5.75 Å². The van der Waals surface area contributed by atoms with Gasteiger partial charge in [-0.25, -0.2) is 9.18 Å². The molecule has 0 aromatic heterocycles. The Kier molecular flexibility index (Phi) is 7.56. The Bertz CT molecular complexity index is 502. The second kappa shape index (κ2) is 9.52. The summed E-state index contributed by atoms with van der Waals surface area (Å²) in [7, 11) is 1.30. The molecule has 6 heteroatoms. The first-order chi connectivity index (χ1) is 10.1. The Morgan fingerprint density at radius 2 is 2.10 bits per heavy atom. The number of benzene rings is 1. The van der Waals surface area contributed by atoms with Gasteiger partial charge >= 0.3 is 5.97 Å². The molecule has 0 radical (unpaired) electrons. The van der Waals surface area contributed by atoms with Gasteiger partial charge in [-0.05, 0) is 18.6 Å². The number of hydrogen-bond acceptors (Lipinski definition) is 4. The monoisotopic (exact) mass is 295 g/mol. The highest BCUT2D eigenvalue weighted by atomic mass is 19.1. The van der Waals surface area contributed by atoms with Crippen molar-refractivity contribution >= 4 is 11.9 Å². The van der Waals surface area contributed by atoms with Crippen LogP contribution in [0.25, 0.3) is 0 Å². The molecule has 1 N–H and O–H groups in total. The van der Waals surface area contributed by atoms with Crippen molar-refractivity contribution in [1.29, 1.82) is 0 Å². The molecule has 0 unspecified atom stereocenters. The predicted octanol–water partition coefficient (Wildman–Crippen LogP) is 1.83. The van der Waals surface area contributed by atoms with Crippen LogP contribution in [0.4, 0.5) is 4.39 Å². The maximum Gasteiger partial charge on any atom is 0.330 e. The second-order valence-electron chi connectivity index (χ2n) is 4.09. The summed E-state index contributed by atoms with van der Waals surface area (Å²) in [5.74, 6) is -0.949. The lowest BCUT2D eigenvalue weighted by Crippen LogP contribution is -2.25. The largest absolute Gasteiger partial charge is 0.490 e. The van der Waals surface area contributed by atoms with Gasteiger partial charge in [0.2, 0.25) is 5.91 Å². The summed E-state index contributed by atoms with van der Waals surface area (Å²) in [6, 6.07) is 6.02. The summed E-state index contributed by atoms with van der Waals surface area (Å²) < 4.78 is 22.8. The first-order valence-corrected chi connectivity index (χ1v) is 6.52. The summed E-state index contributed by atoms with van der Waals surface area (Å²) in [6.45, 7) is 0.511. The van der Waals surface area contributed by atoms with Gasteiger partial charge in [-0.3, -0.25) is 4.79 Å². The number of methoxy groups -OCH3 is 1. The molecular weight excluding hydrogens is 277 g/mol. The Balaban J connectivity index is 2.13. The third-order valence-corrected chi connectivity index (χ3v) is 2.51. The summed E-state index contributed by atoms with van der Waals surface area (Å²) >= 11 is 0. The topological polar surface area (TPSA) is 64.6 Å². The number of esters is 1. The van der Waals surface area contributed by atoms with Crippen molar-refractivity contribution in [2.24, 2.45) is 0 Å². The average Bonchev–Trinajstić information content (AvgIpc) is 2.48. The normalized spacial score (nSPS) is 10.4. The first kappa shape index (κ1) is 16.7. The maximum atomic E-state index is 13.2. The lowest BCUT2D eigenvalue weighted by Gasteiger charge is -2.07. The van der Waals surface area contributed by atoms with Crippen LogP contribution in [0.1, 0.15) is 12.8 Å². The number of carbonyl (C=O) groups is 2.